The van der Waals surface area contributed by atoms with E-state index >= 15 is 0 Å². The van der Waals surface area contributed by atoms with Crippen molar-refractivity contribution in [1.82, 2.24) is 4.98 Å². The lowest BCUT2D eigenvalue weighted by Crippen LogP contribution is -2.15. The number of aromatic nitrogens is 1. The Kier molecular flexibility index (Phi) is 5.98. The zero-order valence-electron chi connectivity index (χ0n) is 17.3. The first-order valence-corrected chi connectivity index (χ1v) is 10.2. The molecule has 0 saturated carbocycles. The Hall–Kier alpha value is -3.34. The molecule has 0 N–H and O–H groups in total. The number of rotatable bonds is 6. The molecule has 0 fully saturated rings. The van der Waals surface area contributed by atoms with Crippen molar-refractivity contribution in [2.75, 3.05) is 13.7 Å². The third-order valence-electron chi connectivity index (χ3n) is 5.54. The first-order chi connectivity index (χ1) is 14.7. The number of carbonyl (C=O) groups excluding carboxylic acids is 1. The molecule has 1 aliphatic rings. The summed E-state index contributed by atoms with van der Waals surface area (Å²) in [6.45, 7) is 2.70. The van der Waals surface area contributed by atoms with Crippen LogP contribution in [0, 0.1) is 6.92 Å². The Labute approximate surface area is 176 Å². The van der Waals surface area contributed by atoms with Crippen LogP contribution in [0.3, 0.4) is 0 Å². The molecule has 4 rings (SSSR count). The minimum absolute atomic E-state index is 0.322. The van der Waals surface area contributed by atoms with Crippen LogP contribution in [0.5, 0.6) is 17.2 Å². The summed E-state index contributed by atoms with van der Waals surface area (Å²) in [4.78, 5) is 16.2. The lowest BCUT2D eigenvalue weighted by molar-refractivity contribution is 0.0599. The SMILES string of the molecule is COC(=O)c1ccncc1CC[C@@H]1CCOc2cc(Oc3ccccc3C)ccc21. The van der Waals surface area contributed by atoms with Gasteiger partial charge in [-0.15, -0.1) is 0 Å². The highest BCUT2D eigenvalue weighted by Crippen LogP contribution is 2.39. The molecule has 1 aromatic heterocycles. The van der Waals surface area contributed by atoms with E-state index in [2.05, 4.69) is 11.1 Å². The summed E-state index contributed by atoms with van der Waals surface area (Å²) in [5.41, 5.74) is 3.77. The maximum absolute atomic E-state index is 12.0. The molecule has 154 valence electrons. The summed E-state index contributed by atoms with van der Waals surface area (Å²) in [6.07, 6.45) is 5.98. The molecule has 2 heterocycles. The molecule has 0 unspecified atom stereocenters. The standard InChI is InChI=1S/C25H25NO4/c1-17-5-3-4-6-23(17)30-20-9-10-21-18(12-14-29-24(21)15-20)7-8-19-16-26-13-11-22(19)25(27)28-2/h3-6,9-11,13,15-16,18H,7-8,12,14H2,1-2H3/t18-/m1/s1. The predicted molar refractivity (Wildman–Crippen MR) is 114 cm³/mol. The van der Waals surface area contributed by atoms with Crippen LogP contribution in [0.25, 0.3) is 0 Å². The fourth-order valence-electron chi connectivity index (χ4n) is 3.87. The highest BCUT2D eigenvalue weighted by molar-refractivity contribution is 5.90. The Morgan fingerprint density at radius 1 is 1.20 bits per heavy atom. The normalized spacial score (nSPS) is 15.1. The summed E-state index contributed by atoms with van der Waals surface area (Å²) in [7, 11) is 1.40. The maximum Gasteiger partial charge on any atom is 0.338 e. The summed E-state index contributed by atoms with van der Waals surface area (Å²) in [5.74, 6) is 2.52. The maximum atomic E-state index is 12.0. The number of fused-ring (bicyclic) bond motifs is 1. The molecular weight excluding hydrogens is 378 g/mol. The van der Waals surface area contributed by atoms with Crippen LogP contribution in [0.4, 0.5) is 0 Å². The molecule has 5 heteroatoms. The van der Waals surface area contributed by atoms with Gasteiger partial charge in [0, 0.05) is 18.5 Å². The molecule has 0 bridgehead atoms. The van der Waals surface area contributed by atoms with Gasteiger partial charge in [0.05, 0.1) is 19.3 Å². The fourth-order valence-corrected chi connectivity index (χ4v) is 3.87. The molecule has 0 spiro atoms. The number of hydrogen-bond acceptors (Lipinski definition) is 5. The van der Waals surface area contributed by atoms with Crippen LogP contribution in [-0.2, 0) is 11.2 Å². The summed E-state index contributed by atoms with van der Waals surface area (Å²) in [6, 6.07) is 15.7. The Morgan fingerprint density at radius 3 is 2.90 bits per heavy atom. The van der Waals surface area contributed by atoms with Crippen molar-refractivity contribution in [3.8, 4) is 17.2 Å². The van der Waals surface area contributed by atoms with Crippen LogP contribution in [0.15, 0.2) is 60.9 Å². The Bertz CT molecular complexity index is 1050. The van der Waals surface area contributed by atoms with E-state index in [0.717, 1.165) is 47.6 Å². The van der Waals surface area contributed by atoms with Gasteiger partial charge in [-0.1, -0.05) is 24.3 Å². The molecule has 0 amide bonds. The zero-order valence-corrected chi connectivity index (χ0v) is 17.3. The molecular formula is C25H25NO4. The van der Waals surface area contributed by atoms with Crippen LogP contribution in [-0.4, -0.2) is 24.7 Å². The van der Waals surface area contributed by atoms with Crippen molar-refractivity contribution in [2.45, 2.75) is 32.1 Å². The quantitative estimate of drug-likeness (QED) is 0.511. The number of para-hydroxylation sites is 1. The minimum Gasteiger partial charge on any atom is -0.493 e. The average molecular weight is 403 g/mol. The first-order valence-electron chi connectivity index (χ1n) is 10.2. The molecule has 2 aromatic carbocycles. The van der Waals surface area contributed by atoms with E-state index < -0.39 is 0 Å². The van der Waals surface area contributed by atoms with Gasteiger partial charge in [0.1, 0.15) is 17.2 Å². The highest BCUT2D eigenvalue weighted by Gasteiger charge is 2.23. The number of pyridine rings is 1. The number of hydrogen-bond donors (Lipinski definition) is 0. The smallest absolute Gasteiger partial charge is 0.338 e. The van der Waals surface area contributed by atoms with E-state index in [1.54, 1.807) is 18.5 Å². The van der Waals surface area contributed by atoms with Crippen molar-refractivity contribution >= 4 is 5.97 Å². The topological polar surface area (TPSA) is 57.7 Å². The molecule has 0 aliphatic carbocycles. The fraction of sp³-hybridized carbons (Fsp3) is 0.280. The van der Waals surface area contributed by atoms with Crippen molar-refractivity contribution in [3.63, 3.8) is 0 Å². The van der Waals surface area contributed by atoms with Gasteiger partial charge in [-0.25, -0.2) is 4.79 Å². The Morgan fingerprint density at radius 2 is 2.07 bits per heavy atom. The summed E-state index contributed by atoms with van der Waals surface area (Å²) in [5, 5.41) is 0. The number of carbonyl (C=O) groups is 1. The predicted octanol–water partition coefficient (Wildman–Crippen LogP) is 5.47. The van der Waals surface area contributed by atoms with Gasteiger partial charge in [0.25, 0.3) is 0 Å². The van der Waals surface area contributed by atoms with Gasteiger partial charge in [-0.3, -0.25) is 4.98 Å². The van der Waals surface area contributed by atoms with Crippen LogP contribution in [0.2, 0.25) is 0 Å². The van der Waals surface area contributed by atoms with E-state index in [0.29, 0.717) is 18.1 Å². The van der Waals surface area contributed by atoms with Gasteiger partial charge in [0.15, 0.2) is 0 Å². The number of methoxy groups -OCH3 is 1. The second-order valence-electron chi connectivity index (χ2n) is 7.46. The zero-order chi connectivity index (χ0) is 20.9. The van der Waals surface area contributed by atoms with E-state index in [1.807, 2.05) is 43.3 Å². The van der Waals surface area contributed by atoms with Crippen molar-refractivity contribution in [1.29, 1.82) is 0 Å². The van der Waals surface area contributed by atoms with E-state index in [9.17, 15) is 4.79 Å². The highest BCUT2D eigenvalue weighted by atomic mass is 16.5. The number of ether oxygens (including phenoxy) is 3. The van der Waals surface area contributed by atoms with Gasteiger partial charge in [0.2, 0.25) is 0 Å². The monoisotopic (exact) mass is 403 g/mol. The van der Waals surface area contributed by atoms with Crippen LogP contribution < -0.4 is 9.47 Å². The second kappa shape index (κ2) is 8.99. The molecule has 0 saturated heterocycles. The third-order valence-corrected chi connectivity index (χ3v) is 5.54. The van der Waals surface area contributed by atoms with Gasteiger partial charge >= 0.3 is 5.97 Å². The van der Waals surface area contributed by atoms with Gasteiger partial charge in [-0.2, -0.15) is 0 Å². The second-order valence-corrected chi connectivity index (χ2v) is 7.46. The third kappa shape index (κ3) is 4.30. The number of benzene rings is 2. The van der Waals surface area contributed by atoms with Crippen LogP contribution >= 0.6 is 0 Å². The number of nitrogens with zero attached hydrogens (tertiary/aromatic N) is 1. The van der Waals surface area contributed by atoms with Crippen molar-refractivity contribution < 1.29 is 19.0 Å². The average Bonchev–Trinajstić information content (AvgIpc) is 2.78. The Balaban J connectivity index is 1.50. The molecule has 30 heavy (non-hydrogen) atoms. The summed E-state index contributed by atoms with van der Waals surface area (Å²) >= 11 is 0. The van der Waals surface area contributed by atoms with Crippen LogP contribution in [0.1, 0.15) is 45.8 Å². The lowest BCUT2D eigenvalue weighted by Gasteiger charge is -2.26. The molecule has 1 aliphatic heterocycles. The molecule has 5 nitrogen and oxygen atoms in total. The van der Waals surface area contributed by atoms with E-state index in [4.69, 9.17) is 14.2 Å². The lowest BCUT2D eigenvalue weighted by atomic mass is 9.87. The van der Waals surface area contributed by atoms with E-state index in [-0.39, 0.29) is 5.97 Å². The van der Waals surface area contributed by atoms with Crippen molar-refractivity contribution in [2.24, 2.45) is 0 Å². The number of esters is 1. The van der Waals surface area contributed by atoms with E-state index in [1.165, 1.54) is 12.7 Å². The summed E-state index contributed by atoms with van der Waals surface area (Å²) < 4.78 is 16.9. The molecule has 3 aromatic rings. The largest absolute Gasteiger partial charge is 0.493 e. The molecule has 0 radical (unpaired) electrons. The molecule has 1 atom stereocenters. The minimum atomic E-state index is -0.322. The first kappa shape index (κ1) is 20.0. The van der Waals surface area contributed by atoms with Crippen molar-refractivity contribution in [3.05, 3.63) is 83.2 Å². The van der Waals surface area contributed by atoms with Gasteiger partial charge in [-0.05, 0) is 67.0 Å². The van der Waals surface area contributed by atoms with Gasteiger partial charge < -0.3 is 14.2 Å². The number of aryl methyl sites for hydroxylation is 2.